The first-order valence-electron chi connectivity index (χ1n) is 44.9. The monoisotopic (exact) mass is 1480 g/mol. The first-order valence-corrected chi connectivity index (χ1v) is 44.9. The van der Waals surface area contributed by atoms with E-state index in [2.05, 4.69) is 34.6 Å². The smallest absolute Gasteiger partial charge is 0.550 e. The fourth-order valence-corrected chi connectivity index (χ4v) is 13.2. The predicted octanol–water partition coefficient (Wildman–Crippen LogP) is 28.7. The molecule has 0 aliphatic carbocycles. The average molecular weight is 1480 g/mol. The Hall–Kier alpha value is -1.45. The zero-order chi connectivity index (χ0) is 74.5. The normalized spacial score (nSPS) is 10.6. The molecular formula is C90H181MgO10P. The van der Waals surface area contributed by atoms with Gasteiger partial charge in [-0.05, 0) is 44.9 Å². The Morgan fingerprint density at radius 2 is 0.245 bits per heavy atom. The van der Waals surface area contributed by atoms with E-state index in [1.807, 2.05) is 0 Å². The zero-order valence-corrected chi connectivity index (χ0v) is 72.5. The summed E-state index contributed by atoms with van der Waals surface area (Å²) in [5.74, 6) is -3.77. The molecular weight excluding hydrogens is 1300 g/mol. The standard InChI is InChI=1S/5C18H36O2.Mg.H3P/c5*1-2-3-4-5-6-7-8-9-10-11-12-13-14-15-16-17-18(19)20;;/h5*2-17H2,1H3,(H,19,20);;1H3/q;;;;;+2;/p-2. The van der Waals surface area contributed by atoms with Crippen LogP contribution < -0.4 is 10.2 Å². The molecule has 0 heterocycles. The number of hydrogen-bond donors (Lipinski definition) is 3. The molecule has 0 amide bonds. The number of rotatable bonds is 80. The van der Waals surface area contributed by atoms with Crippen molar-refractivity contribution in [2.75, 3.05) is 0 Å². The van der Waals surface area contributed by atoms with Crippen LogP contribution in [0.25, 0.3) is 0 Å². The van der Waals surface area contributed by atoms with Gasteiger partial charge in [-0.25, -0.2) is 0 Å². The molecule has 0 aromatic heterocycles. The van der Waals surface area contributed by atoms with Gasteiger partial charge in [0.25, 0.3) is 0 Å². The minimum atomic E-state index is -0.903. The largest absolute Gasteiger partial charge is 2.00 e. The van der Waals surface area contributed by atoms with E-state index in [-0.39, 0.29) is 45.8 Å². The van der Waals surface area contributed by atoms with Crippen LogP contribution in [-0.2, 0) is 24.0 Å². The second-order valence-corrected chi connectivity index (χ2v) is 30.4. The van der Waals surface area contributed by atoms with Gasteiger partial charge in [0.1, 0.15) is 0 Å². The number of hydrogen-bond acceptors (Lipinski definition) is 7. The van der Waals surface area contributed by atoms with Gasteiger partial charge in [0.05, 0.1) is 0 Å². The van der Waals surface area contributed by atoms with Crippen LogP contribution in [0.3, 0.4) is 0 Å². The van der Waals surface area contributed by atoms with E-state index in [4.69, 9.17) is 15.3 Å². The van der Waals surface area contributed by atoms with Gasteiger partial charge in [-0.2, -0.15) is 9.90 Å². The van der Waals surface area contributed by atoms with Gasteiger partial charge in [-0.3, -0.25) is 14.4 Å². The maximum Gasteiger partial charge on any atom is 2.00 e. The predicted molar refractivity (Wildman–Crippen MR) is 448 cm³/mol. The summed E-state index contributed by atoms with van der Waals surface area (Å²) in [6, 6.07) is 0. The van der Waals surface area contributed by atoms with E-state index in [1.165, 1.54) is 417 Å². The maximum absolute atomic E-state index is 10.3. The summed E-state index contributed by atoms with van der Waals surface area (Å²) >= 11 is 0. The Labute approximate surface area is 656 Å². The van der Waals surface area contributed by atoms with Gasteiger partial charge in [0, 0.05) is 31.2 Å². The number of carboxylic acid groups (broad SMARTS) is 5. The van der Waals surface area contributed by atoms with Crippen molar-refractivity contribution in [2.45, 2.75) is 548 Å². The van der Waals surface area contributed by atoms with Crippen LogP contribution in [0, 0.1) is 0 Å². The van der Waals surface area contributed by atoms with Gasteiger partial charge in [0.2, 0.25) is 0 Å². The molecule has 0 bridgehead atoms. The molecule has 102 heavy (non-hydrogen) atoms. The summed E-state index contributed by atoms with van der Waals surface area (Å²) in [6.07, 6.45) is 100. The fourth-order valence-electron chi connectivity index (χ4n) is 13.2. The third kappa shape index (κ3) is 134. The van der Waals surface area contributed by atoms with Crippen LogP contribution in [0.15, 0.2) is 0 Å². The fraction of sp³-hybridized carbons (Fsp3) is 0.944. The second kappa shape index (κ2) is 110. The molecule has 0 aromatic carbocycles. The van der Waals surface area contributed by atoms with E-state index in [9.17, 15) is 34.2 Å². The van der Waals surface area contributed by atoms with Crippen molar-refractivity contribution in [1.82, 2.24) is 0 Å². The van der Waals surface area contributed by atoms with Gasteiger partial charge < -0.3 is 35.1 Å². The summed E-state index contributed by atoms with van der Waals surface area (Å²) < 4.78 is 0. The van der Waals surface area contributed by atoms with E-state index in [1.54, 1.807) is 0 Å². The van der Waals surface area contributed by atoms with Crippen molar-refractivity contribution in [2.24, 2.45) is 0 Å². The summed E-state index contributed by atoms with van der Waals surface area (Å²) in [5.41, 5.74) is 0. The van der Waals surface area contributed by atoms with E-state index in [0.717, 1.165) is 64.2 Å². The number of carboxylic acids is 5. The first-order chi connectivity index (χ1) is 48.9. The summed E-state index contributed by atoms with van der Waals surface area (Å²) in [7, 11) is 0. The van der Waals surface area contributed by atoms with Gasteiger partial charge >= 0.3 is 41.0 Å². The number of aliphatic carboxylic acids is 5. The van der Waals surface area contributed by atoms with E-state index < -0.39 is 29.8 Å². The van der Waals surface area contributed by atoms with Crippen LogP contribution in [0.4, 0.5) is 0 Å². The van der Waals surface area contributed by atoms with Gasteiger partial charge in [-0.15, -0.1) is 0 Å². The van der Waals surface area contributed by atoms with Gasteiger partial charge in [0.15, 0.2) is 0 Å². The Bertz CT molecular complexity index is 1280. The second-order valence-electron chi connectivity index (χ2n) is 30.4. The van der Waals surface area contributed by atoms with Crippen molar-refractivity contribution >= 4 is 62.8 Å². The number of unbranched alkanes of at least 4 members (excludes halogenated alkanes) is 70. The third-order valence-electron chi connectivity index (χ3n) is 20.0. The molecule has 0 fully saturated rings. The Kier molecular flexibility index (Phi) is 123. The number of carbonyl (C=O) groups is 5. The Morgan fingerprint density at radius 3 is 0.324 bits per heavy atom. The molecule has 608 valence electrons. The van der Waals surface area contributed by atoms with Gasteiger partial charge in [-0.1, -0.05) is 484 Å². The summed E-state index contributed by atoms with van der Waals surface area (Å²) in [4.78, 5) is 51.4. The molecule has 0 aromatic rings. The minimum Gasteiger partial charge on any atom is -0.550 e. The molecule has 0 spiro atoms. The molecule has 10 nitrogen and oxygen atoms in total. The molecule has 0 rings (SSSR count). The molecule has 1 atom stereocenters. The molecule has 12 heteroatoms. The van der Waals surface area contributed by atoms with Crippen LogP contribution in [0.5, 0.6) is 0 Å². The van der Waals surface area contributed by atoms with E-state index >= 15 is 0 Å². The quantitative estimate of drug-likeness (QED) is 0.0300. The average Bonchev–Trinajstić information content (AvgIpc) is 3.77. The van der Waals surface area contributed by atoms with Crippen molar-refractivity contribution in [3.63, 3.8) is 0 Å². The van der Waals surface area contributed by atoms with Crippen LogP contribution in [0.2, 0.25) is 0 Å². The summed E-state index contributed by atoms with van der Waals surface area (Å²) in [5, 5.41) is 46.0. The molecule has 0 saturated heterocycles. The van der Waals surface area contributed by atoms with Crippen molar-refractivity contribution in [1.29, 1.82) is 0 Å². The van der Waals surface area contributed by atoms with Crippen LogP contribution in [-0.4, -0.2) is 68.2 Å². The molecule has 3 N–H and O–H groups in total. The summed E-state index contributed by atoms with van der Waals surface area (Å²) in [6.45, 7) is 11.3. The minimum absolute atomic E-state index is 0. The third-order valence-corrected chi connectivity index (χ3v) is 20.0. The Balaban J connectivity index is -0.000000220. The molecule has 1 unspecified atom stereocenters. The van der Waals surface area contributed by atoms with Crippen molar-refractivity contribution in [3.05, 3.63) is 0 Å². The molecule has 0 aliphatic rings. The zero-order valence-electron chi connectivity index (χ0n) is 69.7. The Morgan fingerprint density at radius 1 is 0.167 bits per heavy atom. The molecule has 0 aliphatic heterocycles. The topological polar surface area (TPSA) is 192 Å². The first kappa shape index (κ1) is 114. The van der Waals surface area contributed by atoms with E-state index in [0.29, 0.717) is 19.3 Å². The molecule has 0 radical (unpaired) electrons. The van der Waals surface area contributed by atoms with Crippen LogP contribution >= 0.6 is 9.90 Å². The van der Waals surface area contributed by atoms with Crippen molar-refractivity contribution < 1.29 is 49.5 Å². The van der Waals surface area contributed by atoms with Crippen molar-refractivity contribution in [3.8, 4) is 0 Å². The SMILES string of the molecule is CCCCCCCCCCCCCCCCCC(=O)O.CCCCCCCCCCCCCCCCCC(=O)O.CCCCCCCCCCCCCCCCCC(=O)O.CCCCCCCCCCCCCCCCCC(=O)[O-].CCCCCCCCCCCCCCCCCC(=O)[O-].P.[Mg+2]. The van der Waals surface area contributed by atoms with Crippen LogP contribution in [0.1, 0.15) is 548 Å². The number of carbonyl (C=O) groups excluding carboxylic acids is 2. The maximum atomic E-state index is 10.3. The molecule has 0 saturated carbocycles.